The number of hydrogen-bond donors (Lipinski definition) is 2. The van der Waals surface area contributed by atoms with Crippen LogP contribution in [0.1, 0.15) is 12.0 Å². The summed E-state index contributed by atoms with van der Waals surface area (Å²) in [6, 6.07) is 7.18. The molecular weight excluding hydrogens is 344 g/mol. The number of carbonyl (C=O) groups is 1. The number of ether oxygens (including phenoxy) is 1. The first-order valence-electron chi connectivity index (χ1n) is 8.69. The lowest BCUT2D eigenvalue weighted by molar-refractivity contribution is -0.155. The predicted octanol–water partition coefficient (Wildman–Crippen LogP) is 0.539. The Bertz CT molecular complexity index is 591. The highest BCUT2D eigenvalue weighted by Crippen LogP contribution is 2.25. The van der Waals surface area contributed by atoms with Gasteiger partial charge in [0.25, 0.3) is 0 Å². The number of aliphatic hydroxyl groups excluding tert-OH is 1. The van der Waals surface area contributed by atoms with E-state index < -0.39 is 11.7 Å². The quantitative estimate of drug-likeness (QED) is 0.811. The first-order chi connectivity index (χ1) is 12.0. The molecule has 0 aromatic heterocycles. The number of likely N-dealkylation sites (tertiary alicyclic amines) is 1. The normalized spacial score (nSPS) is 28.1. The van der Waals surface area contributed by atoms with Gasteiger partial charge in [-0.3, -0.25) is 9.69 Å². The Morgan fingerprint density at radius 2 is 1.92 bits per heavy atom. The number of hydrogen-bond acceptors (Lipinski definition) is 5. The van der Waals surface area contributed by atoms with Gasteiger partial charge in [0, 0.05) is 37.7 Å². The van der Waals surface area contributed by atoms with Crippen LogP contribution in [0.3, 0.4) is 0 Å². The molecule has 0 unspecified atom stereocenters. The average Bonchev–Trinajstić information content (AvgIpc) is 2.60. The minimum Gasteiger partial charge on any atom is -0.388 e. The molecule has 25 heavy (non-hydrogen) atoms. The van der Waals surface area contributed by atoms with E-state index >= 15 is 0 Å². The van der Waals surface area contributed by atoms with Crippen molar-refractivity contribution >= 4 is 17.5 Å². The van der Waals surface area contributed by atoms with Gasteiger partial charge < -0.3 is 19.8 Å². The fourth-order valence-electron chi connectivity index (χ4n) is 3.41. The first-order valence-corrected chi connectivity index (χ1v) is 9.07. The summed E-state index contributed by atoms with van der Waals surface area (Å²) in [7, 11) is 0. The SMILES string of the molecule is O=C(Cc1ccc(Cl)cc1)N1CC[C@](O)(CN2CCOCC2)[C@@H](O)C1. The second-order valence-corrected chi connectivity index (χ2v) is 7.34. The minimum atomic E-state index is -1.17. The number of nitrogens with zero attached hydrogens (tertiary/aromatic N) is 2. The largest absolute Gasteiger partial charge is 0.388 e. The third-order valence-corrected chi connectivity index (χ3v) is 5.30. The predicted molar refractivity (Wildman–Crippen MR) is 94.6 cm³/mol. The van der Waals surface area contributed by atoms with Crippen LogP contribution in [0.4, 0.5) is 0 Å². The fraction of sp³-hybridized carbons (Fsp3) is 0.611. The highest BCUT2D eigenvalue weighted by Gasteiger charge is 2.43. The second kappa shape index (κ2) is 8.01. The van der Waals surface area contributed by atoms with Crippen LogP contribution in [-0.2, 0) is 16.0 Å². The molecule has 2 fully saturated rings. The second-order valence-electron chi connectivity index (χ2n) is 6.90. The zero-order valence-electron chi connectivity index (χ0n) is 14.2. The molecule has 0 spiro atoms. The zero-order valence-corrected chi connectivity index (χ0v) is 15.0. The molecule has 0 radical (unpaired) electrons. The molecule has 6 nitrogen and oxygen atoms in total. The number of benzene rings is 1. The average molecular weight is 369 g/mol. The minimum absolute atomic E-state index is 0.0465. The smallest absolute Gasteiger partial charge is 0.227 e. The highest BCUT2D eigenvalue weighted by atomic mass is 35.5. The molecule has 1 aromatic carbocycles. The summed E-state index contributed by atoms with van der Waals surface area (Å²) in [5.74, 6) is -0.0465. The molecule has 2 heterocycles. The van der Waals surface area contributed by atoms with E-state index in [1.807, 2.05) is 12.1 Å². The van der Waals surface area contributed by atoms with Gasteiger partial charge in [0.1, 0.15) is 11.7 Å². The molecule has 0 saturated carbocycles. The summed E-state index contributed by atoms with van der Waals surface area (Å²) in [4.78, 5) is 16.2. The van der Waals surface area contributed by atoms with Gasteiger partial charge in [-0.25, -0.2) is 0 Å². The number of carbonyl (C=O) groups excluding carboxylic acids is 1. The van der Waals surface area contributed by atoms with Crippen molar-refractivity contribution < 1.29 is 19.7 Å². The van der Waals surface area contributed by atoms with Crippen molar-refractivity contribution in [3.63, 3.8) is 0 Å². The van der Waals surface area contributed by atoms with Gasteiger partial charge in [-0.15, -0.1) is 0 Å². The van der Waals surface area contributed by atoms with Gasteiger partial charge in [0.05, 0.1) is 19.6 Å². The summed E-state index contributed by atoms with van der Waals surface area (Å²) in [6.45, 7) is 3.84. The van der Waals surface area contributed by atoms with Crippen molar-refractivity contribution in [3.8, 4) is 0 Å². The van der Waals surface area contributed by atoms with Gasteiger partial charge in [0.2, 0.25) is 5.91 Å². The molecule has 2 aliphatic rings. The molecule has 1 amide bonds. The maximum absolute atomic E-state index is 12.5. The van der Waals surface area contributed by atoms with Gasteiger partial charge in [0.15, 0.2) is 0 Å². The Labute approximate surface area is 152 Å². The number of rotatable bonds is 4. The van der Waals surface area contributed by atoms with Crippen molar-refractivity contribution in [1.29, 1.82) is 0 Å². The van der Waals surface area contributed by atoms with Gasteiger partial charge in [-0.05, 0) is 24.1 Å². The summed E-state index contributed by atoms with van der Waals surface area (Å²) in [6.07, 6.45) is -0.304. The van der Waals surface area contributed by atoms with Crippen LogP contribution in [0.15, 0.2) is 24.3 Å². The first kappa shape index (κ1) is 18.6. The van der Waals surface area contributed by atoms with E-state index in [1.165, 1.54) is 0 Å². The monoisotopic (exact) mass is 368 g/mol. The lowest BCUT2D eigenvalue weighted by atomic mass is 9.87. The van der Waals surface area contributed by atoms with Gasteiger partial charge >= 0.3 is 0 Å². The maximum Gasteiger partial charge on any atom is 0.227 e. The number of aliphatic hydroxyl groups is 2. The molecule has 2 atom stereocenters. The van der Waals surface area contributed by atoms with E-state index in [0.717, 1.165) is 18.7 Å². The van der Waals surface area contributed by atoms with E-state index in [1.54, 1.807) is 17.0 Å². The summed E-state index contributed by atoms with van der Waals surface area (Å²) in [5.41, 5.74) is -0.285. The van der Waals surface area contributed by atoms with Crippen molar-refractivity contribution in [1.82, 2.24) is 9.80 Å². The van der Waals surface area contributed by atoms with E-state index in [4.69, 9.17) is 16.3 Å². The zero-order chi connectivity index (χ0) is 17.9. The van der Waals surface area contributed by atoms with Crippen molar-refractivity contribution in [2.24, 2.45) is 0 Å². The Kier molecular flexibility index (Phi) is 5.96. The summed E-state index contributed by atoms with van der Waals surface area (Å²) >= 11 is 5.86. The molecule has 138 valence electrons. The topological polar surface area (TPSA) is 73.2 Å². The standard InChI is InChI=1S/C18H25ClN2O4/c19-15-3-1-14(2-4-15)11-17(23)21-6-5-18(24,16(22)12-21)13-20-7-9-25-10-8-20/h1-4,16,22,24H,5-13H2/t16-,18-/m0/s1. The molecule has 2 saturated heterocycles. The molecule has 0 bridgehead atoms. The molecule has 0 aliphatic carbocycles. The summed E-state index contributed by atoms with van der Waals surface area (Å²) < 4.78 is 5.31. The van der Waals surface area contributed by atoms with E-state index in [-0.39, 0.29) is 18.9 Å². The van der Waals surface area contributed by atoms with Gasteiger partial charge in [-0.2, -0.15) is 0 Å². The van der Waals surface area contributed by atoms with Crippen LogP contribution in [-0.4, -0.2) is 83.6 Å². The van der Waals surface area contributed by atoms with Crippen molar-refractivity contribution in [2.45, 2.75) is 24.5 Å². The van der Waals surface area contributed by atoms with Crippen molar-refractivity contribution in [2.75, 3.05) is 45.9 Å². The Morgan fingerprint density at radius 3 is 2.56 bits per heavy atom. The third kappa shape index (κ3) is 4.71. The van der Waals surface area contributed by atoms with E-state index in [2.05, 4.69) is 4.90 Å². The number of morpholine rings is 1. The third-order valence-electron chi connectivity index (χ3n) is 5.05. The van der Waals surface area contributed by atoms with E-state index in [9.17, 15) is 15.0 Å². The molecule has 2 N–H and O–H groups in total. The number of β-amino-alcohol motifs (C(OH)–C–C–N with tert-alkyl or cyclic N) is 2. The Balaban J connectivity index is 1.54. The molecule has 2 aliphatic heterocycles. The molecule has 7 heteroatoms. The number of halogens is 1. The molecular formula is C18H25ClN2O4. The number of piperidine rings is 1. The van der Waals surface area contributed by atoms with Crippen LogP contribution in [0, 0.1) is 0 Å². The van der Waals surface area contributed by atoms with Crippen LogP contribution in [0.5, 0.6) is 0 Å². The fourth-order valence-corrected chi connectivity index (χ4v) is 3.54. The van der Waals surface area contributed by atoms with Crippen molar-refractivity contribution in [3.05, 3.63) is 34.9 Å². The van der Waals surface area contributed by atoms with E-state index in [0.29, 0.717) is 37.7 Å². The van der Waals surface area contributed by atoms with Crippen LogP contribution in [0.2, 0.25) is 5.02 Å². The molecule has 3 rings (SSSR count). The molecule has 1 aromatic rings. The Morgan fingerprint density at radius 1 is 1.24 bits per heavy atom. The van der Waals surface area contributed by atoms with Crippen LogP contribution < -0.4 is 0 Å². The lowest BCUT2D eigenvalue weighted by Gasteiger charge is -2.45. The number of amides is 1. The van der Waals surface area contributed by atoms with Gasteiger partial charge in [-0.1, -0.05) is 23.7 Å². The van der Waals surface area contributed by atoms with Crippen LogP contribution >= 0.6 is 11.6 Å². The maximum atomic E-state index is 12.5. The summed E-state index contributed by atoms with van der Waals surface area (Å²) in [5, 5.41) is 21.9. The lowest BCUT2D eigenvalue weighted by Crippen LogP contribution is -2.62. The van der Waals surface area contributed by atoms with Crippen LogP contribution in [0.25, 0.3) is 0 Å². The Hall–Kier alpha value is -1.18. The highest BCUT2D eigenvalue weighted by molar-refractivity contribution is 6.30.